The molecule has 0 spiro atoms. The summed E-state index contributed by atoms with van der Waals surface area (Å²) in [6, 6.07) is 20.2. The summed E-state index contributed by atoms with van der Waals surface area (Å²) in [5.74, 6) is 0.476. The van der Waals surface area contributed by atoms with Crippen LogP contribution in [-0.2, 0) is 6.61 Å². The fourth-order valence-electron chi connectivity index (χ4n) is 2.39. The normalized spacial score (nSPS) is 10.8. The topological polar surface area (TPSA) is 38.3 Å². The first-order valence-corrected chi connectivity index (χ1v) is 10.2. The molecule has 3 nitrogen and oxygen atoms in total. The number of allylic oxidation sites excluding steroid dienone is 1. The van der Waals surface area contributed by atoms with Crippen LogP contribution >= 0.6 is 45.8 Å². The van der Waals surface area contributed by atoms with Crippen molar-refractivity contribution >= 4 is 57.3 Å². The highest BCUT2D eigenvalue weighted by atomic mass is 127. The Labute approximate surface area is 187 Å². The standard InChI is InChI=1S/C22H16Cl2INO2/c23-17-5-4-16(21(24)13-17)14-28-20-3-1-2-15(12-20)22(27)10-11-26-19-8-6-18(25)7-9-19/h1-13,26H,14H2/b11-10+. The summed E-state index contributed by atoms with van der Waals surface area (Å²) >= 11 is 14.3. The van der Waals surface area contributed by atoms with Gasteiger partial charge in [0.2, 0.25) is 0 Å². The molecule has 0 aliphatic rings. The summed E-state index contributed by atoms with van der Waals surface area (Å²) in [7, 11) is 0. The van der Waals surface area contributed by atoms with Crippen molar-refractivity contribution in [3.05, 3.63) is 104 Å². The van der Waals surface area contributed by atoms with E-state index in [2.05, 4.69) is 27.9 Å². The Morgan fingerprint density at radius 3 is 2.57 bits per heavy atom. The number of rotatable bonds is 7. The largest absolute Gasteiger partial charge is 0.489 e. The predicted octanol–water partition coefficient (Wildman–Crippen LogP) is 6.99. The smallest absolute Gasteiger partial charge is 0.187 e. The number of hydrogen-bond acceptors (Lipinski definition) is 3. The highest BCUT2D eigenvalue weighted by Gasteiger charge is 2.06. The molecule has 0 saturated carbocycles. The molecule has 0 atom stereocenters. The van der Waals surface area contributed by atoms with Gasteiger partial charge in [0.15, 0.2) is 5.78 Å². The third-order valence-corrected chi connectivity index (χ3v) is 5.16. The van der Waals surface area contributed by atoms with Crippen molar-refractivity contribution in [1.82, 2.24) is 0 Å². The number of anilines is 1. The SMILES string of the molecule is O=C(/C=C/Nc1ccc(I)cc1)c1cccc(OCc2ccc(Cl)cc2Cl)c1. The lowest BCUT2D eigenvalue weighted by Gasteiger charge is -2.09. The third-order valence-electron chi connectivity index (χ3n) is 3.86. The van der Waals surface area contributed by atoms with E-state index in [0.29, 0.717) is 21.4 Å². The van der Waals surface area contributed by atoms with Gasteiger partial charge in [-0.05, 0) is 71.1 Å². The lowest BCUT2D eigenvalue weighted by molar-refractivity contribution is 0.104. The highest BCUT2D eigenvalue weighted by molar-refractivity contribution is 14.1. The van der Waals surface area contributed by atoms with Gasteiger partial charge >= 0.3 is 0 Å². The van der Waals surface area contributed by atoms with Crippen LogP contribution in [0.2, 0.25) is 10.0 Å². The van der Waals surface area contributed by atoms with Crippen LogP contribution in [0.3, 0.4) is 0 Å². The highest BCUT2D eigenvalue weighted by Crippen LogP contribution is 2.23. The first-order valence-electron chi connectivity index (χ1n) is 8.41. The fourth-order valence-corrected chi connectivity index (χ4v) is 3.22. The molecule has 3 aromatic carbocycles. The van der Waals surface area contributed by atoms with Gasteiger partial charge in [-0.15, -0.1) is 0 Å². The summed E-state index contributed by atoms with van der Waals surface area (Å²) < 4.78 is 6.92. The van der Waals surface area contributed by atoms with Crippen molar-refractivity contribution in [3.8, 4) is 5.75 Å². The van der Waals surface area contributed by atoms with E-state index in [0.717, 1.165) is 14.8 Å². The maximum atomic E-state index is 12.4. The molecule has 6 heteroatoms. The molecule has 1 N–H and O–H groups in total. The minimum Gasteiger partial charge on any atom is -0.489 e. The van der Waals surface area contributed by atoms with E-state index in [9.17, 15) is 4.79 Å². The summed E-state index contributed by atoms with van der Waals surface area (Å²) in [5, 5.41) is 4.20. The Morgan fingerprint density at radius 1 is 1.04 bits per heavy atom. The molecule has 3 rings (SSSR count). The van der Waals surface area contributed by atoms with Gasteiger partial charge < -0.3 is 10.1 Å². The molecule has 0 unspecified atom stereocenters. The fraction of sp³-hybridized carbons (Fsp3) is 0.0455. The quantitative estimate of drug-likeness (QED) is 0.206. The zero-order chi connectivity index (χ0) is 19.9. The van der Waals surface area contributed by atoms with E-state index < -0.39 is 0 Å². The van der Waals surface area contributed by atoms with Crippen LogP contribution < -0.4 is 10.1 Å². The molecule has 142 valence electrons. The molecule has 3 aromatic rings. The number of carbonyl (C=O) groups excluding carboxylic acids is 1. The molecule has 0 aliphatic heterocycles. The molecule has 0 amide bonds. The molecular weight excluding hydrogens is 508 g/mol. The zero-order valence-corrected chi connectivity index (χ0v) is 18.3. The van der Waals surface area contributed by atoms with Gasteiger partial charge in [-0.3, -0.25) is 4.79 Å². The van der Waals surface area contributed by atoms with E-state index >= 15 is 0 Å². The lowest BCUT2D eigenvalue weighted by Crippen LogP contribution is -1.99. The van der Waals surface area contributed by atoms with Gasteiger partial charge in [-0.2, -0.15) is 0 Å². The second kappa shape index (κ2) is 9.96. The van der Waals surface area contributed by atoms with Crippen LogP contribution in [0.25, 0.3) is 0 Å². The van der Waals surface area contributed by atoms with Crippen LogP contribution in [0.15, 0.2) is 79.0 Å². The number of hydrogen-bond donors (Lipinski definition) is 1. The van der Waals surface area contributed by atoms with E-state index in [1.807, 2.05) is 30.3 Å². The molecule has 0 heterocycles. The Morgan fingerprint density at radius 2 is 1.82 bits per heavy atom. The van der Waals surface area contributed by atoms with Crippen molar-refractivity contribution in [2.24, 2.45) is 0 Å². The second-order valence-electron chi connectivity index (χ2n) is 5.90. The predicted molar refractivity (Wildman–Crippen MR) is 123 cm³/mol. The van der Waals surface area contributed by atoms with E-state index in [4.69, 9.17) is 27.9 Å². The summed E-state index contributed by atoms with van der Waals surface area (Å²) in [4.78, 5) is 12.4. The van der Waals surface area contributed by atoms with Crippen LogP contribution in [0.4, 0.5) is 5.69 Å². The molecule has 0 radical (unpaired) electrons. The molecule has 0 aliphatic carbocycles. The van der Waals surface area contributed by atoms with Gasteiger partial charge in [0.25, 0.3) is 0 Å². The minimum absolute atomic E-state index is 0.118. The Balaban J connectivity index is 1.60. The minimum atomic E-state index is -0.118. The summed E-state index contributed by atoms with van der Waals surface area (Å²) in [6.07, 6.45) is 3.12. The van der Waals surface area contributed by atoms with Crippen molar-refractivity contribution < 1.29 is 9.53 Å². The molecule has 0 fully saturated rings. The van der Waals surface area contributed by atoms with Crippen LogP contribution in [0, 0.1) is 3.57 Å². The van der Waals surface area contributed by atoms with Crippen LogP contribution in [-0.4, -0.2) is 5.78 Å². The summed E-state index contributed by atoms with van der Waals surface area (Å²) in [6.45, 7) is 0.290. The maximum Gasteiger partial charge on any atom is 0.187 e. The van der Waals surface area contributed by atoms with Crippen molar-refractivity contribution in [2.75, 3.05) is 5.32 Å². The lowest BCUT2D eigenvalue weighted by atomic mass is 10.1. The van der Waals surface area contributed by atoms with E-state index in [1.54, 1.807) is 42.6 Å². The average molecular weight is 524 g/mol. The summed E-state index contributed by atoms with van der Waals surface area (Å²) in [5.41, 5.74) is 2.28. The van der Waals surface area contributed by atoms with E-state index in [-0.39, 0.29) is 12.4 Å². The zero-order valence-electron chi connectivity index (χ0n) is 14.7. The average Bonchev–Trinajstić information content (AvgIpc) is 2.69. The van der Waals surface area contributed by atoms with Gasteiger partial charge in [0.05, 0.1) is 0 Å². The third kappa shape index (κ3) is 5.99. The Kier molecular flexibility index (Phi) is 7.36. The molecule has 28 heavy (non-hydrogen) atoms. The molecule has 0 aromatic heterocycles. The van der Waals surface area contributed by atoms with Gasteiger partial charge in [-0.1, -0.05) is 41.4 Å². The van der Waals surface area contributed by atoms with Crippen molar-refractivity contribution in [2.45, 2.75) is 6.61 Å². The number of ether oxygens (including phenoxy) is 1. The van der Waals surface area contributed by atoms with Crippen LogP contribution in [0.1, 0.15) is 15.9 Å². The number of carbonyl (C=O) groups is 1. The first kappa shape index (κ1) is 20.7. The monoisotopic (exact) mass is 523 g/mol. The van der Waals surface area contributed by atoms with Crippen molar-refractivity contribution in [3.63, 3.8) is 0 Å². The molecular formula is C22H16Cl2INO2. The molecule has 0 saturated heterocycles. The Hall–Kier alpha value is -2.02. The second-order valence-corrected chi connectivity index (χ2v) is 7.99. The molecule has 0 bridgehead atoms. The van der Waals surface area contributed by atoms with Gasteiger partial charge in [-0.25, -0.2) is 0 Å². The number of ketones is 1. The number of nitrogens with one attached hydrogen (secondary N) is 1. The van der Waals surface area contributed by atoms with Crippen LogP contribution in [0.5, 0.6) is 5.75 Å². The maximum absolute atomic E-state index is 12.4. The number of halogens is 3. The Bertz CT molecular complexity index is 1000. The van der Waals surface area contributed by atoms with Gasteiger partial charge in [0, 0.05) is 42.7 Å². The van der Waals surface area contributed by atoms with Crippen molar-refractivity contribution in [1.29, 1.82) is 0 Å². The number of benzene rings is 3. The van der Waals surface area contributed by atoms with Gasteiger partial charge in [0.1, 0.15) is 12.4 Å². The van der Waals surface area contributed by atoms with E-state index in [1.165, 1.54) is 6.08 Å². The first-order chi connectivity index (χ1) is 13.5.